The minimum Gasteiger partial charge on any atom is -0.465 e. The first-order chi connectivity index (χ1) is 5.09. The second kappa shape index (κ2) is 3.04. The molecule has 11 heavy (non-hydrogen) atoms. The molecule has 64 valence electrons. The summed E-state index contributed by atoms with van der Waals surface area (Å²) < 4.78 is 12.8. The van der Waals surface area contributed by atoms with E-state index < -0.39 is 18.3 Å². The summed E-state index contributed by atoms with van der Waals surface area (Å²) in [4.78, 5) is 10.1. The number of rotatable bonds is 1. The molecule has 0 aromatic carbocycles. The molecule has 0 radical (unpaired) electrons. The summed E-state index contributed by atoms with van der Waals surface area (Å²) in [5.74, 6) is 0. The van der Waals surface area contributed by atoms with Crippen molar-refractivity contribution in [3.05, 3.63) is 0 Å². The fourth-order valence-electron chi connectivity index (χ4n) is 1.33. The Morgan fingerprint density at radius 2 is 2.27 bits per heavy atom. The molecule has 4 N–H and O–H groups in total. The molecule has 5 heteroatoms. The van der Waals surface area contributed by atoms with Crippen LogP contribution in [0.4, 0.5) is 9.18 Å². The number of halogens is 1. The van der Waals surface area contributed by atoms with Crippen LogP contribution in [0, 0.1) is 0 Å². The van der Waals surface area contributed by atoms with E-state index in [1.165, 1.54) is 0 Å². The first-order valence-electron chi connectivity index (χ1n) is 3.48. The molecule has 3 atom stereocenters. The largest absolute Gasteiger partial charge is 0.465 e. The van der Waals surface area contributed by atoms with Crippen LogP contribution in [0.2, 0.25) is 0 Å². The van der Waals surface area contributed by atoms with Gasteiger partial charge >= 0.3 is 6.09 Å². The van der Waals surface area contributed by atoms with Crippen molar-refractivity contribution in [2.45, 2.75) is 31.1 Å². The predicted octanol–water partition coefficient (Wildman–Crippen LogP) is 0.0818. The van der Waals surface area contributed by atoms with Crippen LogP contribution < -0.4 is 11.1 Å². The highest BCUT2D eigenvalue weighted by atomic mass is 19.1. The summed E-state index contributed by atoms with van der Waals surface area (Å²) in [6.45, 7) is 0. The Morgan fingerprint density at radius 3 is 2.64 bits per heavy atom. The molecule has 0 aliphatic heterocycles. The summed E-state index contributed by atoms with van der Waals surface area (Å²) in [7, 11) is 0. The molecule has 0 unspecified atom stereocenters. The smallest absolute Gasteiger partial charge is 0.404 e. The fourth-order valence-corrected chi connectivity index (χ4v) is 1.33. The molecule has 0 spiro atoms. The predicted molar refractivity (Wildman–Crippen MR) is 37.1 cm³/mol. The highest BCUT2D eigenvalue weighted by Gasteiger charge is 2.33. The van der Waals surface area contributed by atoms with Gasteiger partial charge in [-0.05, 0) is 12.8 Å². The maximum absolute atomic E-state index is 12.8. The lowest BCUT2D eigenvalue weighted by Crippen LogP contribution is -2.37. The molecule has 1 aliphatic carbocycles. The van der Waals surface area contributed by atoms with E-state index in [1.54, 1.807) is 0 Å². The van der Waals surface area contributed by atoms with Crippen molar-refractivity contribution in [1.82, 2.24) is 5.32 Å². The SMILES string of the molecule is N[C@H]1C[C@@H](F)[C@H](NC(=O)O)C1. The molecule has 0 bridgehead atoms. The Labute approximate surface area is 63.6 Å². The number of nitrogens with one attached hydrogen (secondary N) is 1. The van der Waals surface area contributed by atoms with Crippen molar-refractivity contribution in [1.29, 1.82) is 0 Å². The lowest BCUT2D eigenvalue weighted by Gasteiger charge is -2.10. The summed E-state index contributed by atoms with van der Waals surface area (Å²) in [6.07, 6.45) is -1.66. The number of amides is 1. The van der Waals surface area contributed by atoms with Crippen LogP contribution in [-0.2, 0) is 0 Å². The normalized spacial score (nSPS) is 37.1. The van der Waals surface area contributed by atoms with Crippen LogP contribution in [0.5, 0.6) is 0 Å². The summed E-state index contributed by atoms with van der Waals surface area (Å²) in [5, 5.41) is 10.3. The van der Waals surface area contributed by atoms with Gasteiger partial charge in [-0.25, -0.2) is 9.18 Å². The van der Waals surface area contributed by atoms with Crippen LogP contribution in [0.15, 0.2) is 0 Å². The maximum atomic E-state index is 12.8. The Hall–Kier alpha value is -0.840. The molecule has 0 heterocycles. The molecule has 1 saturated carbocycles. The molecule has 1 fully saturated rings. The van der Waals surface area contributed by atoms with Gasteiger partial charge in [-0.3, -0.25) is 0 Å². The van der Waals surface area contributed by atoms with Gasteiger partial charge in [0.1, 0.15) is 6.17 Å². The van der Waals surface area contributed by atoms with Gasteiger partial charge in [-0.15, -0.1) is 0 Å². The molecule has 0 saturated heterocycles. The number of carbonyl (C=O) groups is 1. The third-order valence-corrected chi connectivity index (χ3v) is 1.83. The van der Waals surface area contributed by atoms with E-state index in [4.69, 9.17) is 10.8 Å². The second-order valence-corrected chi connectivity index (χ2v) is 2.80. The molecule has 1 aliphatic rings. The molecular weight excluding hydrogens is 151 g/mol. The van der Waals surface area contributed by atoms with E-state index in [0.29, 0.717) is 6.42 Å². The number of carboxylic acid groups (broad SMARTS) is 1. The van der Waals surface area contributed by atoms with Crippen LogP contribution in [0.3, 0.4) is 0 Å². The molecule has 1 rings (SSSR count). The number of hydrogen-bond donors (Lipinski definition) is 3. The standard InChI is InChI=1S/C6H11FN2O2/c7-4-1-3(8)2-5(4)9-6(10)11/h3-5,9H,1-2,8H2,(H,10,11)/t3-,4+,5+/m0/s1. The lowest BCUT2D eigenvalue weighted by atomic mass is 10.2. The Morgan fingerprint density at radius 1 is 1.64 bits per heavy atom. The van der Waals surface area contributed by atoms with Crippen molar-refractivity contribution >= 4 is 6.09 Å². The molecule has 0 aromatic heterocycles. The summed E-state index contributed by atoms with van der Waals surface area (Å²) in [6, 6.07) is -0.815. The average Bonchev–Trinajstić information content (AvgIpc) is 2.09. The minimum atomic E-state index is -1.19. The van der Waals surface area contributed by atoms with Crippen molar-refractivity contribution in [2.24, 2.45) is 5.73 Å². The fraction of sp³-hybridized carbons (Fsp3) is 0.833. The Balaban J connectivity index is 2.40. The van der Waals surface area contributed by atoms with E-state index in [1.807, 2.05) is 0 Å². The van der Waals surface area contributed by atoms with Crippen molar-refractivity contribution in [2.75, 3.05) is 0 Å². The van der Waals surface area contributed by atoms with Gasteiger partial charge < -0.3 is 16.2 Å². The van der Waals surface area contributed by atoms with E-state index >= 15 is 0 Å². The monoisotopic (exact) mass is 162 g/mol. The average molecular weight is 162 g/mol. The van der Waals surface area contributed by atoms with E-state index in [9.17, 15) is 9.18 Å². The van der Waals surface area contributed by atoms with Gasteiger partial charge in [-0.1, -0.05) is 0 Å². The first-order valence-corrected chi connectivity index (χ1v) is 3.48. The van der Waals surface area contributed by atoms with Crippen LogP contribution in [0.25, 0.3) is 0 Å². The second-order valence-electron chi connectivity index (χ2n) is 2.80. The van der Waals surface area contributed by atoms with Gasteiger partial charge in [0.2, 0.25) is 0 Å². The molecule has 1 amide bonds. The van der Waals surface area contributed by atoms with Gasteiger partial charge in [0.05, 0.1) is 6.04 Å². The Kier molecular flexibility index (Phi) is 2.28. The van der Waals surface area contributed by atoms with Gasteiger partial charge in [-0.2, -0.15) is 0 Å². The van der Waals surface area contributed by atoms with E-state index in [0.717, 1.165) is 0 Å². The van der Waals surface area contributed by atoms with Gasteiger partial charge in [0, 0.05) is 6.04 Å². The third-order valence-electron chi connectivity index (χ3n) is 1.83. The molecular formula is C6H11FN2O2. The zero-order valence-electron chi connectivity index (χ0n) is 5.96. The zero-order chi connectivity index (χ0) is 8.43. The van der Waals surface area contributed by atoms with Crippen LogP contribution >= 0.6 is 0 Å². The van der Waals surface area contributed by atoms with Crippen molar-refractivity contribution in [3.8, 4) is 0 Å². The quantitative estimate of drug-likeness (QED) is 0.511. The van der Waals surface area contributed by atoms with Gasteiger partial charge in [0.25, 0.3) is 0 Å². The molecule has 4 nitrogen and oxygen atoms in total. The molecule has 0 aromatic rings. The van der Waals surface area contributed by atoms with Crippen LogP contribution in [-0.4, -0.2) is 29.5 Å². The van der Waals surface area contributed by atoms with E-state index in [-0.39, 0.29) is 12.5 Å². The topological polar surface area (TPSA) is 75.3 Å². The highest BCUT2D eigenvalue weighted by molar-refractivity contribution is 5.65. The zero-order valence-corrected chi connectivity index (χ0v) is 5.96. The lowest BCUT2D eigenvalue weighted by molar-refractivity contribution is 0.181. The maximum Gasteiger partial charge on any atom is 0.404 e. The van der Waals surface area contributed by atoms with Crippen molar-refractivity contribution < 1.29 is 14.3 Å². The highest BCUT2D eigenvalue weighted by Crippen LogP contribution is 2.20. The first kappa shape index (κ1) is 8.26. The Bertz CT molecular complexity index is 165. The number of hydrogen-bond acceptors (Lipinski definition) is 2. The van der Waals surface area contributed by atoms with E-state index in [2.05, 4.69) is 5.32 Å². The number of alkyl halides is 1. The van der Waals surface area contributed by atoms with Crippen molar-refractivity contribution in [3.63, 3.8) is 0 Å². The van der Waals surface area contributed by atoms with Gasteiger partial charge in [0.15, 0.2) is 0 Å². The minimum absolute atomic E-state index is 0.207. The van der Waals surface area contributed by atoms with Crippen LogP contribution in [0.1, 0.15) is 12.8 Å². The third kappa shape index (κ3) is 2.04. The number of nitrogens with two attached hydrogens (primary N) is 1. The summed E-state index contributed by atoms with van der Waals surface area (Å²) >= 11 is 0. The summed E-state index contributed by atoms with van der Waals surface area (Å²) in [5.41, 5.74) is 5.42.